The molecular formula is C23H27BF4N2O3. The third-order valence-electron chi connectivity index (χ3n) is 5.48. The Kier molecular flexibility index (Phi) is 8.02. The molecule has 5 nitrogen and oxygen atoms in total. The van der Waals surface area contributed by atoms with Crippen LogP contribution in [-0.4, -0.2) is 59.1 Å². The van der Waals surface area contributed by atoms with Crippen molar-refractivity contribution in [1.82, 2.24) is 9.48 Å². The first-order valence-corrected chi connectivity index (χ1v) is 10.7. The van der Waals surface area contributed by atoms with Crippen LogP contribution in [0.15, 0.2) is 52.9 Å². The molecule has 178 valence electrons. The van der Waals surface area contributed by atoms with Crippen molar-refractivity contribution in [3.63, 3.8) is 0 Å². The highest BCUT2D eigenvalue weighted by Gasteiger charge is 2.21. The van der Waals surface area contributed by atoms with Crippen molar-refractivity contribution in [2.75, 3.05) is 46.9 Å². The van der Waals surface area contributed by atoms with Gasteiger partial charge in [0.25, 0.3) is 0 Å². The number of hydrogen-bond acceptors (Lipinski definition) is 4. The molecule has 2 aromatic carbocycles. The van der Waals surface area contributed by atoms with E-state index in [1.165, 1.54) is 5.36 Å². The highest BCUT2D eigenvalue weighted by molar-refractivity contribution is 6.50. The van der Waals surface area contributed by atoms with Crippen molar-refractivity contribution >= 4 is 18.2 Å². The molecule has 0 saturated carbocycles. The molecule has 10 heteroatoms. The molecule has 0 radical (unpaired) electrons. The van der Waals surface area contributed by atoms with Gasteiger partial charge in [0, 0.05) is 5.56 Å². The molecule has 0 spiro atoms. The summed E-state index contributed by atoms with van der Waals surface area (Å²) in [4.78, 5) is 2.49. The Morgan fingerprint density at radius 3 is 2.18 bits per heavy atom. The van der Waals surface area contributed by atoms with Crippen molar-refractivity contribution in [3.8, 4) is 22.8 Å². The minimum atomic E-state index is -6.00. The summed E-state index contributed by atoms with van der Waals surface area (Å²) in [7, 11) is -2.70. The molecule has 0 bridgehead atoms. The lowest BCUT2D eigenvalue weighted by atomic mass is 10.1. The Morgan fingerprint density at radius 2 is 1.58 bits per heavy atom. The van der Waals surface area contributed by atoms with Gasteiger partial charge in [-0.2, -0.15) is 0 Å². The number of fused-ring (bicyclic) bond motifs is 1. The largest absolute Gasteiger partial charge is 0.673 e. The Morgan fingerprint density at radius 1 is 0.939 bits per heavy atom. The first-order chi connectivity index (χ1) is 15.7. The summed E-state index contributed by atoms with van der Waals surface area (Å²) < 4.78 is 58.6. The van der Waals surface area contributed by atoms with Gasteiger partial charge in [-0.25, -0.2) is 4.58 Å². The number of rotatable bonds is 4. The molecule has 1 fully saturated rings. The van der Waals surface area contributed by atoms with Crippen LogP contribution in [-0.2, 0) is 0 Å². The number of nitrogens with zero attached hydrogens (tertiary/aromatic N) is 2. The van der Waals surface area contributed by atoms with Crippen LogP contribution >= 0.6 is 0 Å². The van der Waals surface area contributed by atoms with E-state index < -0.39 is 7.25 Å². The van der Waals surface area contributed by atoms with Gasteiger partial charge in [-0.3, -0.25) is 4.90 Å². The maximum absolute atomic E-state index is 9.75. The SMILES string of the molecule is CCN1CC[N+](=c2cc(-c3ccc(OC)c(OC)c3)oc3ccccc23)CC1.F[B-](F)(F)F. The summed E-state index contributed by atoms with van der Waals surface area (Å²) in [5.74, 6) is 2.23. The Hall–Kier alpha value is -3.01. The van der Waals surface area contributed by atoms with Crippen LogP contribution in [0.1, 0.15) is 6.92 Å². The topological polar surface area (TPSA) is 37.9 Å². The Bertz CT molecular complexity index is 1150. The zero-order valence-electron chi connectivity index (χ0n) is 18.9. The normalized spacial score (nSPS) is 14.6. The number of benzene rings is 2. The molecule has 3 aromatic rings. The monoisotopic (exact) mass is 466 g/mol. The molecule has 1 aromatic heterocycles. The summed E-state index contributed by atoms with van der Waals surface area (Å²) in [6, 6.07) is 16.3. The molecule has 0 atom stereocenters. The fourth-order valence-corrected chi connectivity index (χ4v) is 3.82. The van der Waals surface area contributed by atoms with Crippen LogP contribution in [0.4, 0.5) is 17.3 Å². The number of piperazine rings is 1. The van der Waals surface area contributed by atoms with E-state index in [-0.39, 0.29) is 0 Å². The van der Waals surface area contributed by atoms with E-state index in [0.717, 1.165) is 55.0 Å². The molecule has 0 amide bonds. The zero-order valence-corrected chi connectivity index (χ0v) is 18.9. The van der Waals surface area contributed by atoms with Gasteiger partial charge in [0.05, 0.1) is 38.8 Å². The second-order valence-electron chi connectivity index (χ2n) is 7.48. The van der Waals surface area contributed by atoms with Crippen LogP contribution in [0.2, 0.25) is 0 Å². The predicted molar refractivity (Wildman–Crippen MR) is 122 cm³/mol. The molecule has 0 unspecified atom stereocenters. The smallest absolute Gasteiger partial charge is 0.493 e. The number of ether oxygens (including phenoxy) is 2. The van der Waals surface area contributed by atoms with Gasteiger partial charge in [0.15, 0.2) is 24.6 Å². The van der Waals surface area contributed by atoms with E-state index in [2.05, 4.69) is 34.6 Å². The van der Waals surface area contributed by atoms with Crippen LogP contribution < -0.4 is 19.4 Å². The number of para-hydroxylation sites is 1. The second kappa shape index (κ2) is 10.7. The quantitative estimate of drug-likeness (QED) is 0.322. The summed E-state index contributed by atoms with van der Waals surface area (Å²) in [5.41, 5.74) is 1.86. The molecule has 0 aliphatic carbocycles. The average Bonchev–Trinajstić information content (AvgIpc) is 2.82. The highest BCUT2D eigenvalue weighted by atomic mass is 19.5. The van der Waals surface area contributed by atoms with E-state index in [4.69, 9.17) is 13.9 Å². The van der Waals surface area contributed by atoms with E-state index in [0.29, 0.717) is 11.5 Å². The van der Waals surface area contributed by atoms with Crippen LogP contribution in [0.3, 0.4) is 0 Å². The number of likely N-dealkylation sites (N-methyl/N-ethyl adjacent to an activating group) is 1. The van der Waals surface area contributed by atoms with Crippen molar-refractivity contribution in [2.24, 2.45) is 0 Å². The molecule has 1 aliphatic heterocycles. The van der Waals surface area contributed by atoms with Gasteiger partial charge >= 0.3 is 7.25 Å². The minimum Gasteiger partial charge on any atom is -0.493 e. The molecule has 0 N–H and O–H groups in total. The first-order valence-electron chi connectivity index (χ1n) is 10.7. The lowest BCUT2D eigenvalue weighted by Gasteiger charge is -2.23. The van der Waals surface area contributed by atoms with Gasteiger partial charge < -0.3 is 31.2 Å². The first kappa shape index (κ1) is 24.6. The lowest BCUT2D eigenvalue weighted by Crippen LogP contribution is -2.47. The number of methoxy groups -OCH3 is 2. The fourth-order valence-electron chi connectivity index (χ4n) is 3.82. The standard InChI is InChI=1S/C23H27N2O3.BF4/c1-4-24-11-13-25(14-12-24)19-16-22(28-20-8-6-5-7-18(19)20)17-9-10-21(26-2)23(15-17)27-3;2-1(3,4)5/h5-10,15-16H,4,11-14H2,1-3H3;/q+1;-1. The van der Waals surface area contributed by atoms with E-state index in [1.807, 2.05) is 30.3 Å². The predicted octanol–water partition coefficient (Wildman–Crippen LogP) is 4.52. The maximum atomic E-state index is 9.75. The Labute approximate surface area is 190 Å². The maximum Gasteiger partial charge on any atom is 0.673 e. The fraction of sp³-hybridized carbons (Fsp3) is 0.348. The summed E-state index contributed by atoms with van der Waals surface area (Å²) >= 11 is 0. The Balaban J connectivity index is 0.000000555. The third kappa shape index (κ3) is 6.50. The summed E-state index contributed by atoms with van der Waals surface area (Å²) in [5, 5.41) is 2.37. The van der Waals surface area contributed by atoms with Gasteiger partial charge in [-0.05, 0) is 36.9 Å². The van der Waals surface area contributed by atoms with E-state index in [9.17, 15) is 17.3 Å². The summed E-state index contributed by atoms with van der Waals surface area (Å²) in [6.45, 7) is 7.54. The average molecular weight is 466 g/mol. The number of halogens is 4. The van der Waals surface area contributed by atoms with Crippen LogP contribution in [0.25, 0.3) is 22.3 Å². The molecule has 33 heavy (non-hydrogen) atoms. The molecule has 1 aliphatic rings. The van der Waals surface area contributed by atoms with E-state index >= 15 is 0 Å². The minimum absolute atomic E-state index is 0.696. The van der Waals surface area contributed by atoms with Gasteiger partial charge in [0.2, 0.25) is 5.36 Å². The van der Waals surface area contributed by atoms with Gasteiger partial charge in [-0.1, -0.05) is 19.1 Å². The van der Waals surface area contributed by atoms with Crippen molar-refractivity contribution in [3.05, 3.63) is 53.9 Å². The second-order valence-corrected chi connectivity index (χ2v) is 7.48. The van der Waals surface area contributed by atoms with Gasteiger partial charge in [0.1, 0.15) is 11.3 Å². The summed E-state index contributed by atoms with van der Waals surface area (Å²) in [6.07, 6.45) is 0. The highest BCUT2D eigenvalue weighted by Crippen LogP contribution is 2.32. The zero-order chi connectivity index (χ0) is 24.0. The number of hydrogen-bond donors (Lipinski definition) is 0. The van der Waals surface area contributed by atoms with Crippen LogP contribution in [0, 0.1) is 0 Å². The molecule has 2 heterocycles. The third-order valence-corrected chi connectivity index (χ3v) is 5.48. The van der Waals surface area contributed by atoms with Crippen molar-refractivity contribution in [2.45, 2.75) is 6.92 Å². The molecule has 4 rings (SSSR count). The van der Waals surface area contributed by atoms with Crippen molar-refractivity contribution in [1.29, 1.82) is 0 Å². The van der Waals surface area contributed by atoms with Crippen molar-refractivity contribution < 1.29 is 31.2 Å². The molecule has 1 saturated heterocycles. The van der Waals surface area contributed by atoms with E-state index in [1.54, 1.807) is 14.2 Å². The lowest BCUT2D eigenvalue weighted by molar-refractivity contribution is 0.234. The van der Waals surface area contributed by atoms with Gasteiger partial charge in [-0.15, -0.1) is 0 Å². The molecular weight excluding hydrogens is 439 g/mol. The van der Waals surface area contributed by atoms with Crippen LogP contribution in [0.5, 0.6) is 11.5 Å².